The first-order chi connectivity index (χ1) is 8.72. The van der Waals surface area contributed by atoms with Crippen LogP contribution in [0.1, 0.15) is 29.2 Å². The van der Waals surface area contributed by atoms with E-state index in [4.69, 9.17) is 4.42 Å². The lowest BCUT2D eigenvalue weighted by molar-refractivity contribution is 0.0559. The Labute approximate surface area is 106 Å². The molecular formula is C13H19NO4. The van der Waals surface area contributed by atoms with Crippen LogP contribution in [0.2, 0.25) is 0 Å². The average Bonchev–Trinajstić information content (AvgIpc) is 2.86. The van der Waals surface area contributed by atoms with E-state index in [0.29, 0.717) is 12.5 Å². The lowest BCUT2D eigenvalue weighted by Crippen LogP contribution is -2.36. The van der Waals surface area contributed by atoms with Crippen molar-refractivity contribution >= 4 is 5.97 Å². The molecule has 1 aromatic rings. The van der Waals surface area contributed by atoms with Gasteiger partial charge in [-0.2, -0.15) is 0 Å². The summed E-state index contributed by atoms with van der Waals surface area (Å²) in [5, 5.41) is 9.17. The summed E-state index contributed by atoms with van der Waals surface area (Å²) in [5.74, 6) is 0.902. The second-order valence-corrected chi connectivity index (χ2v) is 4.68. The number of carbonyl (C=O) groups excluding carboxylic acids is 1. The number of rotatable bonds is 4. The molecular weight excluding hydrogens is 234 g/mol. The summed E-state index contributed by atoms with van der Waals surface area (Å²) in [6, 6.07) is 3.43. The zero-order valence-corrected chi connectivity index (χ0v) is 10.6. The summed E-state index contributed by atoms with van der Waals surface area (Å²) >= 11 is 0. The molecule has 5 nitrogen and oxygen atoms in total. The monoisotopic (exact) mass is 253 g/mol. The van der Waals surface area contributed by atoms with Crippen LogP contribution in [0.5, 0.6) is 0 Å². The molecule has 1 aromatic heterocycles. The van der Waals surface area contributed by atoms with Crippen LogP contribution in [-0.2, 0) is 11.3 Å². The van der Waals surface area contributed by atoms with Crippen molar-refractivity contribution < 1.29 is 19.1 Å². The molecule has 1 fully saturated rings. The van der Waals surface area contributed by atoms with E-state index in [1.165, 1.54) is 7.11 Å². The first-order valence-corrected chi connectivity index (χ1v) is 6.23. The van der Waals surface area contributed by atoms with Crippen LogP contribution in [0, 0.1) is 5.92 Å². The van der Waals surface area contributed by atoms with Gasteiger partial charge in [-0.05, 0) is 37.4 Å². The minimum atomic E-state index is -0.451. The van der Waals surface area contributed by atoms with Crippen LogP contribution in [0.3, 0.4) is 0 Å². The molecule has 0 radical (unpaired) electrons. The highest BCUT2D eigenvalue weighted by Gasteiger charge is 2.20. The first kappa shape index (κ1) is 13.1. The van der Waals surface area contributed by atoms with Gasteiger partial charge in [0, 0.05) is 13.2 Å². The maximum absolute atomic E-state index is 11.3. The van der Waals surface area contributed by atoms with E-state index >= 15 is 0 Å². The largest absolute Gasteiger partial charge is 0.463 e. The number of esters is 1. The minimum absolute atomic E-state index is 0.238. The topological polar surface area (TPSA) is 62.9 Å². The number of piperidine rings is 1. The number of ether oxygens (including phenoxy) is 1. The van der Waals surface area contributed by atoms with Gasteiger partial charge in [-0.15, -0.1) is 0 Å². The smallest absolute Gasteiger partial charge is 0.373 e. The molecule has 1 atom stereocenters. The zero-order chi connectivity index (χ0) is 13.0. The number of hydrogen-bond donors (Lipinski definition) is 1. The van der Waals surface area contributed by atoms with Crippen LogP contribution >= 0.6 is 0 Å². The second kappa shape index (κ2) is 6.02. The number of hydrogen-bond acceptors (Lipinski definition) is 5. The maximum Gasteiger partial charge on any atom is 0.373 e. The third kappa shape index (κ3) is 3.11. The summed E-state index contributed by atoms with van der Waals surface area (Å²) in [6.45, 7) is 2.80. The Balaban J connectivity index is 1.92. The third-order valence-corrected chi connectivity index (χ3v) is 3.29. The van der Waals surface area contributed by atoms with Crippen molar-refractivity contribution in [2.45, 2.75) is 19.4 Å². The summed E-state index contributed by atoms with van der Waals surface area (Å²) < 4.78 is 10.0. The van der Waals surface area contributed by atoms with Crippen LogP contribution in [-0.4, -0.2) is 42.8 Å². The zero-order valence-electron chi connectivity index (χ0n) is 10.6. The van der Waals surface area contributed by atoms with Gasteiger partial charge >= 0.3 is 5.97 Å². The molecule has 0 aliphatic carbocycles. The molecule has 0 spiro atoms. The molecule has 1 N–H and O–H groups in total. The fourth-order valence-corrected chi connectivity index (χ4v) is 2.34. The van der Waals surface area contributed by atoms with Crippen LogP contribution in [0.15, 0.2) is 16.5 Å². The van der Waals surface area contributed by atoms with E-state index in [1.54, 1.807) is 12.1 Å². The molecule has 2 rings (SSSR count). The van der Waals surface area contributed by atoms with E-state index < -0.39 is 5.97 Å². The molecule has 1 aliphatic rings. The fourth-order valence-electron chi connectivity index (χ4n) is 2.34. The molecule has 5 heteroatoms. The minimum Gasteiger partial charge on any atom is -0.463 e. The average molecular weight is 253 g/mol. The van der Waals surface area contributed by atoms with E-state index in [2.05, 4.69) is 9.64 Å². The van der Waals surface area contributed by atoms with Gasteiger partial charge in [-0.3, -0.25) is 4.90 Å². The molecule has 18 heavy (non-hydrogen) atoms. The van der Waals surface area contributed by atoms with Crippen LogP contribution in [0.25, 0.3) is 0 Å². The Kier molecular flexibility index (Phi) is 4.38. The Hall–Kier alpha value is -1.33. The lowest BCUT2D eigenvalue weighted by Gasteiger charge is -2.30. The Morgan fingerprint density at radius 2 is 2.44 bits per heavy atom. The van der Waals surface area contributed by atoms with Gasteiger partial charge in [0.05, 0.1) is 13.7 Å². The molecule has 1 aliphatic heterocycles. The predicted octanol–water partition coefficient (Wildman–Crippen LogP) is 1.27. The van der Waals surface area contributed by atoms with Crippen molar-refractivity contribution in [1.82, 2.24) is 4.90 Å². The highest BCUT2D eigenvalue weighted by molar-refractivity contribution is 5.86. The summed E-state index contributed by atoms with van der Waals surface area (Å²) in [5.41, 5.74) is 0. The molecule has 100 valence electrons. The predicted molar refractivity (Wildman–Crippen MR) is 65.1 cm³/mol. The van der Waals surface area contributed by atoms with Crippen molar-refractivity contribution in [3.05, 3.63) is 23.7 Å². The van der Waals surface area contributed by atoms with Gasteiger partial charge in [0.1, 0.15) is 5.76 Å². The number of nitrogens with zero attached hydrogens (tertiary/aromatic N) is 1. The van der Waals surface area contributed by atoms with E-state index in [-0.39, 0.29) is 12.4 Å². The Morgan fingerprint density at radius 1 is 1.61 bits per heavy atom. The van der Waals surface area contributed by atoms with Crippen molar-refractivity contribution in [1.29, 1.82) is 0 Å². The molecule has 0 aromatic carbocycles. The lowest BCUT2D eigenvalue weighted by atomic mass is 9.99. The van der Waals surface area contributed by atoms with Crippen molar-refractivity contribution in [3.63, 3.8) is 0 Å². The number of likely N-dealkylation sites (tertiary alicyclic amines) is 1. The third-order valence-electron chi connectivity index (χ3n) is 3.29. The normalized spacial score (nSPS) is 20.9. The quantitative estimate of drug-likeness (QED) is 0.819. The molecule has 0 bridgehead atoms. The first-order valence-electron chi connectivity index (χ1n) is 6.23. The van der Waals surface area contributed by atoms with Gasteiger partial charge in [0.2, 0.25) is 5.76 Å². The van der Waals surface area contributed by atoms with E-state index in [1.807, 2.05) is 0 Å². The standard InChI is InChI=1S/C13H19NO4/c1-17-13(16)12-5-4-11(18-12)8-14-6-2-3-10(7-14)9-15/h4-5,10,15H,2-3,6-9H2,1H3. The van der Waals surface area contributed by atoms with Gasteiger partial charge in [-0.25, -0.2) is 4.79 Å². The van der Waals surface area contributed by atoms with Crippen LogP contribution < -0.4 is 0 Å². The number of aliphatic hydroxyl groups is 1. The molecule has 0 saturated carbocycles. The molecule has 2 heterocycles. The molecule has 0 amide bonds. The number of carbonyl (C=O) groups is 1. The van der Waals surface area contributed by atoms with E-state index in [0.717, 1.165) is 31.7 Å². The number of methoxy groups -OCH3 is 1. The van der Waals surface area contributed by atoms with Crippen molar-refractivity contribution in [3.8, 4) is 0 Å². The van der Waals surface area contributed by atoms with E-state index in [9.17, 15) is 9.90 Å². The number of aliphatic hydroxyl groups excluding tert-OH is 1. The maximum atomic E-state index is 11.3. The van der Waals surface area contributed by atoms with Gasteiger partial charge < -0.3 is 14.3 Å². The van der Waals surface area contributed by atoms with Crippen LogP contribution in [0.4, 0.5) is 0 Å². The summed E-state index contributed by atoms with van der Waals surface area (Å²) in [4.78, 5) is 13.5. The second-order valence-electron chi connectivity index (χ2n) is 4.68. The summed E-state index contributed by atoms with van der Waals surface area (Å²) in [7, 11) is 1.33. The van der Waals surface area contributed by atoms with Crippen molar-refractivity contribution in [2.24, 2.45) is 5.92 Å². The SMILES string of the molecule is COC(=O)c1ccc(CN2CCCC(CO)C2)o1. The summed E-state index contributed by atoms with van der Waals surface area (Å²) in [6.07, 6.45) is 2.17. The highest BCUT2D eigenvalue weighted by Crippen LogP contribution is 2.19. The fraction of sp³-hybridized carbons (Fsp3) is 0.615. The number of furan rings is 1. The van der Waals surface area contributed by atoms with Gasteiger partial charge in [0.15, 0.2) is 0 Å². The Bertz CT molecular complexity index is 401. The van der Waals surface area contributed by atoms with Crippen molar-refractivity contribution in [2.75, 3.05) is 26.8 Å². The molecule has 1 unspecified atom stereocenters. The Morgan fingerprint density at radius 3 is 3.17 bits per heavy atom. The van der Waals surface area contributed by atoms with Gasteiger partial charge in [-0.1, -0.05) is 0 Å². The highest BCUT2D eigenvalue weighted by atomic mass is 16.5. The molecule has 1 saturated heterocycles. The van der Waals surface area contributed by atoms with Gasteiger partial charge in [0.25, 0.3) is 0 Å².